The molecule has 1 heterocycles. The van der Waals surface area contributed by atoms with Crippen molar-refractivity contribution in [1.29, 1.82) is 0 Å². The third-order valence-corrected chi connectivity index (χ3v) is 2.76. The van der Waals surface area contributed by atoms with Crippen LogP contribution in [0.2, 0.25) is 0 Å². The molecule has 112 valence electrons. The maximum atomic E-state index is 12.7. The van der Waals surface area contributed by atoms with Crippen molar-refractivity contribution in [3.05, 3.63) is 46.8 Å². The van der Waals surface area contributed by atoms with E-state index in [9.17, 15) is 18.0 Å². The van der Waals surface area contributed by atoms with Crippen LogP contribution < -0.4 is 11.1 Å². The van der Waals surface area contributed by atoms with Gasteiger partial charge in [-0.25, -0.2) is 0 Å². The number of nitrogens with one attached hydrogen (secondary N) is 1. The summed E-state index contributed by atoms with van der Waals surface area (Å²) in [6.45, 7) is 1.72. The summed E-state index contributed by atoms with van der Waals surface area (Å²) in [4.78, 5) is 11.9. The highest BCUT2D eigenvalue weighted by atomic mass is 19.4. The van der Waals surface area contributed by atoms with E-state index >= 15 is 0 Å². The van der Waals surface area contributed by atoms with E-state index < -0.39 is 23.3 Å². The third-order valence-electron chi connectivity index (χ3n) is 2.76. The molecule has 1 amide bonds. The van der Waals surface area contributed by atoms with Gasteiger partial charge in [0.05, 0.1) is 29.1 Å². The van der Waals surface area contributed by atoms with Crippen molar-refractivity contribution in [3.8, 4) is 0 Å². The number of carbonyl (C=O) groups excluding carboxylic acids is 1. The summed E-state index contributed by atoms with van der Waals surface area (Å²) in [5.74, 6) is -0.320. The number of hydrogen-bond donors (Lipinski definition) is 2. The Morgan fingerprint density at radius 1 is 1.43 bits per heavy atom. The average molecular weight is 299 g/mol. The topological polar surface area (TPSA) is 81.2 Å². The molecule has 3 N–H and O–H groups in total. The fourth-order valence-electron chi connectivity index (χ4n) is 1.77. The first kappa shape index (κ1) is 14.9. The number of anilines is 1. The fourth-order valence-corrected chi connectivity index (χ4v) is 1.77. The molecule has 0 spiro atoms. The molecule has 2 aromatic rings. The lowest BCUT2D eigenvalue weighted by atomic mass is 10.1. The minimum atomic E-state index is -4.61. The number of amides is 1. The SMILES string of the molecule is Cc1cc(CNC(=O)c2cccc(C(F)(F)F)c2N)on1. The maximum Gasteiger partial charge on any atom is 0.418 e. The Balaban J connectivity index is 2.16. The monoisotopic (exact) mass is 299 g/mol. The summed E-state index contributed by atoms with van der Waals surface area (Å²) in [6.07, 6.45) is -4.61. The van der Waals surface area contributed by atoms with Gasteiger partial charge in [-0.05, 0) is 19.1 Å². The number of aryl methyl sites for hydroxylation is 1. The highest BCUT2D eigenvalue weighted by Crippen LogP contribution is 2.34. The van der Waals surface area contributed by atoms with Crippen LogP contribution in [0.1, 0.15) is 27.4 Å². The Morgan fingerprint density at radius 3 is 2.71 bits per heavy atom. The quantitative estimate of drug-likeness (QED) is 0.853. The number of nitrogens with zero attached hydrogens (tertiary/aromatic N) is 1. The summed E-state index contributed by atoms with van der Waals surface area (Å²) < 4.78 is 43.0. The molecule has 0 radical (unpaired) electrons. The first-order valence-corrected chi connectivity index (χ1v) is 5.95. The zero-order valence-corrected chi connectivity index (χ0v) is 11.0. The molecule has 0 aliphatic rings. The Morgan fingerprint density at radius 2 is 2.14 bits per heavy atom. The predicted octanol–water partition coefficient (Wildman–Crippen LogP) is 2.51. The van der Waals surface area contributed by atoms with Gasteiger partial charge in [0.25, 0.3) is 5.91 Å². The standard InChI is InChI=1S/C13H12F3N3O2/c1-7-5-8(21-19-7)6-18-12(20)9-3-2-4-10(11(9)17)13(14,15)16/h2-5H,6,17H2,1H3,(H,18,20). The fraction of sp³-hybridized carbons (Fsp3) is 0.231. The molecule has 1 aromatic carbocycles. The number of nitrogen functional groups attached to an aromatic ring is 1. The van der Waals surface area contributed by atoms with Gasteiger partial charge < -0.3 is 15.6 Å². The molecule has 21 heavy (non-hydrogen) atoms. The number of aromatic nitrogens is 1. The molecule has 8 heteroatoms. The van der Waals surface area contributed by atoms with Crippen LogP contribution in [0.15, 0.2) is 28.8 Å². The largest absolute Gasteiger partial charge is 0.418 e. The second-order valence-electron chi connectivity index (χ2n) is 4.38. The normalized spacial score (nSPS) is 11.4. The molecule has 2 rings (SSSR count). The van der Waals surface area contributed by atoms with E-state index in [0.717, 1.165) is 12.1 Å². The van der Waals surface area contributed by atoms with Crippen molar-refractivity contribution in [2.24, 2.45) is 0 Å². The van der Waals surface area contributed by atoms with Crippen LogP contribution >= 0.6 is 0 Å². The van der Waals surface area contributed by atoms with Crippen molar-refractivity contribution in [2.75, 3.05) is 5.73 Å². The Labute approximate surface area is 117 Å². The van der Waals surface area contributed by atoms with Gasteiger partial charge >= 0.3 is 6.18 Å². The van der Waals surface area contributed by atoms with E-state index in [4.69, 9.17) is 10.3 Å². The number of halogens is 3. The molecule has 0 bridgehead atoms. The number of benzene rings is 1. The summed E-state index contributed by atoms with van der Waals surface area (Å²) in [5.41, 5.74) is 4.19. The molecule has 0 saturated heterocycles. The zero-order valence-electron chi connectivity index (χ0n) is 11.0. The predicted molar refractivity (Wildman–Crippen MR) is 68.3 cm³/mol. The number of hydrogen-bond acceptors (Lipinski definition) is 4. The van der Waals surface area contributed by atoms with Gasteiger partial charge in [-0.15, -0.1) is 0 Å². The van der Waals surface area contributed by atoms with Gasteiger partial charge in [-0.1, -0.05) is 11.2 Å². The smallest absolute Gasteiger partial charge is 0.398 e. The van der Waals surface area contributed by atoms with Crippen LogP contribution in [0, 0.1) is 6.92 Å². The summed E-state index contributed by atoms with van der Waals surface area (Å²) in [5, 5.41) is 6.06. The van der Waals surface area contributed by atoms with Crippen molar-refractivity contribution >= 4 is 11.6 Å². The number of rotatable bonds is 3. The number of carbonyl (C=O) groups is 1. The van der Waals surface area contributed by atoms with Crippen LogP contribution in [-0.4, -0.2) is 11.1 Å². The van der Waals surface area contributed by atoms with E-state index in [2.05, 4.69) is 10.5 Å². The first-order chi connectivity index (χ1) is 9.79. The van der Waals surface area contributed by atoms with Crippen LogP contribution in [-0.2, 0) is 12.7 Å². The number of para-hydroxylation sites is 1. The highest BCUT2D eigenvalue weighted by molar-refractivity contribution is 5.99. The van der Waals surface area contributed by atoms with Crippen LogP contribution in [0.25, 0.3) is 0 Å². The van der Waals surface area contributed by atoms with Crippen molar-refractivity contribution < 1.29 is 22.5 Å². The lowest BCUT2D eigenvalue weighted by molar-refractivity contribution is -0.136. The second kappa shape index (κ2) is 5.47. The molecule has 0 saturated carbocycles. The van der Waals surface area contributed by atoms with E-state index in [1.807, 2.05) is 0 Å². The van der Waals surface area contributed by atoms with Gasteiger partial charge in [0, 0.05) is 6.07 Å². The molecule has 0 atom stereocenters. The number of alkyl halides is 3. The first-order valence-electron chi connectivity index (χ1n) is 5.95. The minimum Gasteiger partial charge on any atom is -0.398 e. The van der Waals surface area contributed by atoms with Gasteiger partial charge in [0.1, 0.15) is 0 Å². The van der Waals surface area contributed by atoms with Crippen molar-refractivity contribution in [2.45, 2.75) is 19.6 Å². The van der Waals surface area contributed by atoms with E-state index in [-0.39, 0.29) is 12.1 Å². The second-order valence-corrected chi connectivity index (χ2v) is 4.38. The minimum absolute atomic E-state index is 0.00928. The Hall–Kier alpha value is -2.51. The van der Waals surface area contributed by atoms with Crippen LogP contribution in [0.3, 0.4) is 0 Å². The van der Waals surface area contributed by atoms with E-state index in [1.165, 1.54) is 6.07 Å². The van der Waals surface area contributed by atoms with E-state index in [0.29, 0.717) is 11.5 Å². The molecule has 0 aliphatic carbocycles. The molecule has 0 fully saturated rings. The maximum absolute atomic E-state index is 12.7. The Kier molecular flexibility index (Phi) is 3.88. The lowest BCUT2D eigenvalue weighted by Gasteiger charge is -2.13. The highest BCUT2D eigenvalue weighted by Gasteiger charge is 2.34. The molecule has 0 aliphatic heterocycles. The van der Waals surface area contributed by atoms with Gasteiger partial charge in [0.2, 0.25) is 0 Å². The summed E-state index contributed by atoms with van der Waals surface area (Å²) in [7, 11) is 0. The molecule has 5 nitrogen and oxygen atoms in total. The molecular weight excluding hydrogens is 287 g/mol. The summed E-state index contributed by atoms with van der Waals surface area (Å²) >= 11 is 0. The van der Waals surface area contributed by atoms with Crippen molar-refractivity contribution in [3.63, 3.8) is 0 Å². The van der Waals surface area contributed by atoms with Gasteiger partial charge in [0.15, 0.2) is 5.76 Å². The number of nitrogens with two attached hydrogens (primary N) is 1. The molecule has 0 unspecified atom stereocenters. The van der Waals surface area contributed by atoms with E-state index in [1.54, 1.807) is 13.0 Å². The molecular formula is C13H12F3N3O2. The molecule has 1 aromatic heterocycles. The zero-order chi connectivity index (χ0) is 15.6. The van der Waals surface area contributed by atoms with Crippen molar-refractivity contribution in [1.82, 2.24) is 10.5 Å². The van der Waals surface area contributed by atoms with Crippen LogP contribution in [0.4, 0.5) is 18.9 Å². The lowest BCUT2D eigenvalue weighted by Crippen LogP contribution is -2.24. The van der Waals surface area contributed by atoms with Gasteiger partial charge in [-0.2, -0.15) is 13.2 Å². The third kappa shape index (κ3) is 3.33. The Bertz CT molecular complexity index is 665. The summed E-state index contributed by atoms with van der Waals surface area (Å²) in [6, 6.07) is 4.79. The average Bonchev–Trinajstić information content (AvgIpc) is 2.80. The van der Waals surface area contributed by atoms with Crippen LogP contribution in [0.5, 0.6) is 0 Å². The van der Waals surface area contributed by atoms with Gasteiger partial charge in [-0.3, -0.25) is 4.79 Å².